The number of imide groups is 1. The average Bonchev–Trinajstić information content (AvgIpc) is 2.99. The van der Waals surface area contributed by atoms with Gasteiger partial charge in [-0.05, 0) is 32.1 Å². The summed E-state index contributed by atoms with van der Waals surface area (Å²) in [4.78, 5) is 24.2. The van der Waals surface area contributed by atoms with E-state index in [1.54, 1.807) is 0 Å². The zero-order valence-electron chi connectivity index (χ0n) is 12.1. The van der Waals surface area contributed by atoms with Gasteiger partial charge in [0.25, 0.3) is 11.8 Å². The molecule has 0 bridgehead atoms. The van der Waals surface area contributed by atoms with E-state index in [0.29, 0.717) is 6.54 Å². The third-order valence-electron chi connectivity index (χ3n) is 4.76. The van der Waals surface area contributed by atoms with Crippen molar-refractivity contribution in [2.75, 3.05) is 6.54 Å². The van der Waals surface area contributed by atoms with Gasteiger partial charge in [-0.25, -0.2) is 0 Å². The molecule has 0 saturated carbocycles. The van der Waals surface area contributed by atoms with Crippen molar-refractivity contribution in [1.29, 1.82) is 0 Å². The number of ether oxygens (including phenoxy) is 1. The van der Waals surface area contributed by atoms with Crippen molar-refractivity contribution in [3.05, 3.63) is 12.2 Å². The molecule has 1 fully saturated rings. The van der Waals surface area contributed by atoms with Gasteiger partial charge < -0.3 is 4.74 Å². The van der Waals surface area contributed by atoms with Gasteiger partial charge in [0.1, 0.15) is 0 Å². The van der Waals surface area contributed by atoms with Gasteiger partial charge in [0, 0.05) is 18.7 Å². The number of carbonyl (C=O) groups excluding carboxylic acids is 2. The molecule has 4 nitrogen and oxygen atoms in total. The lowest BCUT2D eigenvalue weighted by molar-refractivity contribution is -0.136. The predicted octanol–water partition coefficient (Wildman–Crippen LogP) is 2.43. The highest BCUT2D eigenvalue weighted by atomic mass is 16.6. The molecular formula is C15H23NO3. The van der Waals surface area contributed by atoms with Crippen molar-refractivity contribution in [3.63, 3.8) is 0 Å². The molecule has 2 aliphatic rings. The number of rotatable bonds is 7. The van der Waals surface area contributed by atoms with Crippen molar-refractivity contribution >= 4 is 11.8 Å². The van der Waals surface area contributed by atoms with Crippen LogP contribution in [0.15, 0.2) is 12.2 Å². The van der Waals surface area contributed by atoms with E-state index >= 15 is 0 Å². The molecule has 0 aliphatic carbocycles. The van der Waals surface area contributed by atoms with Crippen LogP contribution in [0.4, 0.5) is 0 Å². The highest BCUT2D eigenvalue weighted by Crippen LogP contribution is 2.57. The molecule has 19 heavy (non-hydrogen) atoms. The molecule has 0 aromatic rings. The highest BCUT2D eigenvalue weighted by molar-refractivity contribution is 6.12. The van der Waals surface area contributed by atoms with Crippen LogP contribution in [0, 0.1) is 0 Å². The minimum Gasteiger partial charge on any atom is -0.363 e. The van der Waals surface area contributed by atoms with Gasteiger partial charge in [-0.15, -0.1) is 0 Å². The first kappa shape index (κ1) is 14.3. The maximum absolute atomic E-state index is 11.5. The molecule has 1 atom stereocenters. The molecule has 1 saturated heterocycles. The van der Waals surface area contributed by atoms with E-state index in [4.69, 9.17) is 4.74 Å². The van der Waals surface area contributed by atoms with E-state index < -0.39 is 0 Å². The van der Waals surface area contributed by atoms with Crippen LogP contribution in [0.25, 0.3) is 0 Å². The molecule has 2 rings (SSSR count). The zero-order chi connectivity index (χ0) is 14.1. The Kier molecular flexibility index (Phi) is 3.81. The van der Waals surface area contributed by atoms with Gasteiger partial charge in [0.05, 0.1) is 11.2 Å². The van der Waals surface area contributed by atoms with Crippen LogP contribution in [-0.4, -0.2) is 34.5 Å². The van der Waals surface area contributed by atoms with Gasteiger partial charge in [-0.2, -0.15) is 0 Å². The Labute approximate surface area is 114 Å². The van der Waals surface area contributed by atoms with Crippen molar-refractivity contribution < 1.29 is 14.3 Å². The van der Waals surface area contributed by atoms with Gasteiger partial charge in [-0.3, -0.25) is 14.5 Å². The molecule has 0 spiro atoms. The first-order valence-corrected chi connectivity index (χ1v) is 7.28. The van der Waals surface area contributed by atoms with E-state index in [0.717, 1.165) is 32.1 Å². The molecule has 2 heterocycles. The monoisotopic (exact) mass is 265 g/mol. The van der Waals surface area contributed by atoms with Gasteiger partial charge in [0.2, 0.25) is 0 Å². The largest absolute Gasteiger partial charge is 0.363 e. The van der Waals surface area contributed by atoms with Crippen LogP contribution in [-0.2, 0) is 14.3 Å². The van der Waals surface area contributed by atoms with Crippen molar-refractivity contribution in [2.45, 2.75) is 64.1 Å². The van der Waals surface area contributed by atoms with Gasteiger partial charge >= 0.3 is 0 Å². The fourth-order valence-electron chi connectivity index (χ4n) is 3.41. The number of hydrogen-bond acceptors (Lipinski definition) is 3. The summed E-state index contributed by atoms with van der Waals surface area (Å²) in [7, 11) is 0. The van der Waals surface area contributed by atoms with Crippen molar-refractivity contribution in [3.8, 4) is 0 Å². The summed E-state index contributed by atoms with van der Waals surface area (Å²) in [5.41, 5.74) is -0.00518. The quantitative estimate of drug-likeness (QED) is 0.524. The highest BCUT2D eigenvalue weighted by Gasteiger charge is 2.65. The summed E-state index contributed by atoms with van der Waals surface area (Å²) in [6.45, 7) is 6.98. The topological polar surface area (TPSA) is 49.9 Å². The Bertz CT molecular complexity index is 394. The third-order valence-corrected chi connectivity index (χ3v) is 4.76. The standard InChI is InChI=1S/C15H23NO3/c1-4-14(5-2)15(6-3,19-14)10-7-11-16-12(17)8-9-13(16)18/h8-9H,4-7,10-11H2,1-3H3. The summed E-state index contributed by atoms with van der Waals surface area (Å²) in [6, 6.07) is 0. The third kappa shape index (κ3) is 2.22. The Hall–Kier alpha value is -1.16. The molecule has 0 aromatic carbocycles. The van der Waals surface area contributed by atoms with E-state index in [9.17, 15) is 9.59 Å². The van der Waals surface area contributed by atoms with Crippen LogP contribution in [0.5, 0.6) is 0 Å². The second-order valence-corrected chi connectivity index (χ2v) is 5.42. The first-order valence-electron chi connectivity index (χ1n) is 7.28. The Morgan fingerprint density at radius 3 is 1.95 bits per heavy atom. The second-order valence-electron chi connectivity index (χ2n) is 5.42. The lowest BCUT2D eigenvalue weighted by atomic mass is 9.83. The van der Waals surface area contributed by atoms with Crippen molar-refractivity contribution in [2.24, 2.45) is 0 Å². The number of amides is 2. The molecule has 1 unspecified atom stereocenters. The normalized spacial score (nSPS) is 28.3. The molecule has 0 N–H and O–H groups in total. The number of carbonyl (C=O) groups is 2. The summed E-state index contributed by atoms with van der Waals surface area (Å²) in [6.07, 6.45) is 7.47. The van der Waals surface area contributed by atoms with E-state index in [-0.39, 0.29) is 23.0 Å². The zero-order valence-corrected chi connectivity index (χ0v) is 12.1. The summed E-state index contributed by atoms with van der Waals surface area (Å²) < 4.78 is 6.05. The van der Waals surface area contributed by atoms with Gasteiger partial charge in [0.15, 0.2) is 0 Å². The summed E-state index contributed by atoms with van der Waals surface area (Å²) in [5, 5.41) is 0. The first-order chi connectivity index (χ1) is 9.04. The SMILES string of the molecule is CCC1(CC)OC1(CC)CCCN1C(=O)C=CC1=O. The maximum atomic E-state index is 11.5. The molecular weight excluding hydrogens is 242 g/mol. The minimum atomic E-state index is -0.190. The average molecular weight is 265 g/mol. The van der Waals surface area contributed by atoms with E-state index in [1.807, 2.05) is 0 Å². The summed E-state index contributed by atoms with van der Waals surface area (Å²) in [5.74, 6) is -0.381. The van der Waals surface area contributed by atoms with Gasteiger partial charge in [-0.1, -0.05) is 20.8 Å². The molecule has 0 radical (unpaired) electrons. The maximum Gasteiger partial charge on any atom is 0.253 e. The predicted molar refractivity (Wildman–Crippen MR) is 72.5 cm³/mol. The lowest BCUT2D eigenvalue weighted by Gasteiger charge is -2.18. The van der Waals surface area contributed by atoms with Crippen LogP contribution < -0.4 is 0 Å². The molecule has 4 heteroatoms. The number of epoxide rings is 1. The minimum absolute atomic E-state index is 0.0268. The molecule has 0 aromatic heterocycles. The molecule has 2 aliphatic heterocycles. The molecule has 106 valence electrons. The summed E-state index contributed by atoms with van der Waals surface area (Å²) >= 11 is 0. The Balaban J connectivity index is 1.86. The Morgan fingerprint density at radius 1 is 1.00 bits per heavy atom. The Morgan fingerprint density at radius 2 is 1.53 bits per heavy atom. The second kappa shape index (κ2) is 5.08. The van der Waals surface area contributed by atoms with E-state index in [2.05, 4.69) is 20.8 Å². The molecule has 2 amide bonds. The number of nitrogens with zero attached hydrogens (tertiary/aromatic N) is 1. The van der Waals surface area contributed by atoms with E-state index in [1.165, 1.54) is 17.1 Å². The van der Waals surface area contributed by atoms with Crippen LogP contribution in [0.2, 0.25) is 0 Å². The van der Waals surface area contributed by atoms with Crippen LogP contribution in [0.1, 0.15) is 52.9 Å². The van der Waals surface area contributed by atoms with Crippen LogP contribution >= 0.6 is 0 Å². The number of hydrogen-bond donors (Lipinski definition) is 0. The smallest absolute Gasteiger partial charge is 0.253 e. The fraction of sp³-hybridized carbons (Fsp3) is 0.733. The lowest BCUT2D eigenvalue weighted by Crippen LogP contribution is -2.32. The fourth-order valence-corrected chi connectivity index (χ4v) is 3.41. The van der Waals surface area contributed by atoms with Crippen molar-refractivity contribution in [1.82, 2.24) is 4.90 Å². The van der Waals surface area contributed by atoms with Crippen LogP contribution in [0.3, 0.4) is 0 Å².